The molecule has 5 heteroatoms. The van der Waals surface area contributed by atoms with Crippen molar-refractivity contribution in [2.75, 3.05) is 26.3 Å². The SMILES string of the molecule is Cc1cccc(-c2ccn3c(C(C)N4CCOCC4)c(C)c(C(=O)O)cc23)c1. The van der Waals surface area contributed by atoms with E-state index in [-0.39, 0.29) is 6.04 Å². The first-order valence-electron chi connectivity index (χ1n) is 9.74. The van der Waals surface area contributed by atoms with E-state index in [9.17, 15) is 9.90 Å². The molecule has 0 aliphatic carbocycles. The number of benzene rings is 1. The van der Waals surface area contributed by atoms with Crippen LogP contribution in [-0.2, 0) is 4.74 Å². The molecule has 1 atom stereocenters. The lowest BCUT2D eigenvalue weighted by Gasteiger charge is -2.34. The Hall–Kier alpha value is -2.63. The predicted octanol–water partition coefficient (Wildman–Crippen LogP) is 4.31. The first-order valence-corrected chi connectivity index (χ1v) is 9.74. The average molecular weight is 378 g/mol. The van der Waals surface area contributed by atoms with Gasteiger partial charge < -0.3 is 14.2 Å². The summed E-state index contributed by atoms with van der Waals surface area (Å²) in [5.74, 6) is -0.883. The molecule has 146 valence electrons. The van der Waals surface area contributed by atoms with Crippen molar-refractivity contribution in [1.82, 2.24) is 9.30 Å². The Morgan fingerprint density at radius 1 is 1.14 bits per heavy atom. The number of aromatic carboxylic acids is 1. The minimum Gasteiger partial charge on any atom is -0.478 e. The molecule has 3 aromatic rings. The fourth-order valence-corrected chi connectivity index (χ4v) is 4.30. The van der Waals surface area contributed by atoms with Gasteiger partial charge in [-0.15, -0.1) is 0 Å². The van der Waals surface area contributed by atoms with Crippen LogP contribution < -0.4 is 0 Å². The second kappa shape index (κ2) is 7.41. The van der Waals surface area contributed by atoms with Crippen molar-refractivity contribution >= 4 is 11.5 Å². The first kappa shape index (κ1) is 18.7. The summed E-state index contributed by atoms with van der Waals surface area (Å²) in [6.45, 7) is 9.28. The van der Waals surface area contributed by atoms with Crippen molar-refractivity contribution in [1.29, 1.82) is 0 Å². The molecule has 1 saturated heterocycles. The van der Waals surface area contributed by atoms with Crippen molar-refractivity contribution in [2.24, 2.45) is 0 Å². The van der Waals surface area contributed by atoms with Gasteiger partial charge in [0.15, 0.2) is 0 Å². The Morgan fingerprint density at radius 3 is 2.57 bits per heavy atom. The number of aryl methyl sites for hydroxylation is 1. The Morgan fingerprint density at radius 2 is 1.89 bits per heavy atom. The fraction of sp³-hybridized carbons (Fsp3) is 0.348. The van der Waals surface area contributed by atoms with Crippen LogP contribution in [0, 0.1) is 13.8 Å². The monoisotopic (exact) mass is 378 g/mol. The lowest BCUT2D eigenvalue weighted by molar-refractivity contribution is 0.0187. The molecule has 0 saturated carbocycles. The van der Waals surface area contributed by atoms with Crippen LogP contribution in [0.5, 0.6) is 0 Å². The van der Waals surface area contributed by atoms with Crippen LogP contribution in [0.15, 0.2) is 42.6 Å². The van der Waals surface area contributed by atoms with Gasteiger partial charge >= 0.3 is 5.97 Å². The molecule has 5 nitrogen and oxygen atoms in total. The lowest BCUT2D eigenvalue weighted by atomic mass is 9.99. The maximum Gasteiger partial charge on any atom is 0.336 e. The zero-order chi connectivity index (χ0) is 19.8. The fourth-order valence-electron chi connectivity index (χ4n) is 4.30. The zero-order valence-corrected chi connectivity index (χ0v) is 16.6. The Kier molecular flexibility index (Phi) is 4.96. The highest BCUT2D eigenvalue weighted by Gasteiger charge is 2.25. The van der Waals surface area contributed by atoms with E-state index in [4.69, 9.17) is 4.74 Å². The van der Waals surface area contributed by atoms with Crippen molar-refractivity contribution in [3.63, 3.8) is 0 Å². The molecular weight excluding hydrogens is 352 g/mol. The minimum absolute atomic E-state index is 0.100. The summed E-state index contributed by atoms with van der Waals surface area (Å²) in [6.07, 6.45) is 2.07. The Bertz CT molecular complexity index is 1030. The van der Waals surface area contributed by atoms with E-state index in [1.807, 2.05) is 19.1 Å². The molecule has 2 aromatic heterocycles. The summed E-state index contributed by atoms with van der Waals surface area (Å²) < 4.78 is 7.66. The number of pyridine rings is 1. The molecule has 4 rings (SSSR count). The topological polar surface area (TPSA) is 54.2 Å². The van der Waals surface area contributed by atoms with Crippen LogP contribution in [-0.4, -0.2) is 46.7 Å². The number of hydrogen-bond acceptors (Lipinski definition) is 3. The molecule has 28 heavy (non-hydrogen) atoms. The summed E-state index contributed by atoms with van der Waals surface area (Å²) in [5.41, 5.74) is 6.51. The molecule has 1 aliphatic heterocycles. The third kappa shape index (κ3) is 3.21. The molecule has 0 amide bonds. The van der Waals surface area contributed by atoms with Gasteiger partial charge in [0.25, 0.3) is 0 Å². The van der Waals surface area contributed by atoms with Gasteiger partial charge in [-0.2, -0.15) is 0 Å². The lowest BCUT2D eigenvalue weighted by Crippen LogP contribution is -2.39. The second-order valence-corrected chi connectivity index (χ2v) is 7.55. The highest BCUT2D eigenvalue weighted by atomic mass is 16.5. The van der Waals surface area contributed by atoms with Gasteiger partial charge in [0.05, 0.1) is 24.3 Å². The van der Waals surface area contributed by atoms with E-state index in [1.165, 1.54) is 5.56 Å². The van der Waals surface area contributed by atoms with Crippen LogP contribution in [0.1, 0.15) is 40.1 Å². The number of carbonyl (C=O) groups is 1. The van der Waals surface area contributed by atoms with E-state index in [1.54, 1.807) is 0 Å². The maximum absolute atomic E-state index is 12.0. The minimum atomic E-state index is -0.883. The third-order valence-corrected chi connectivity index (χ3v) is 5.80. The largest absolute Gasteiger partial charge is 0.478 e. The predicted molar refractivity (Wildman–Crippen MR) is 110 cm³/mol. The Labute approximate surface area is 165 Å². The van der Waals surface area contributed by atoms with Crippen molar-refractivity contribution < 1.29 is 14.6 Å². The number of carboxylic acid groups (broad SMARTS) is 1. The van der Waals surface area contributed by atoms with E-state index in [2.05, 4.69) is 53.6 Å². The molecule has 1 aliphatic rings. The second-order valence-electron chi connectivity index (χ2n) is 7.55. The summed E-state index contributed by atoms with van der Waals surface area (Å²) in [6, 6.07) is 12.3. The number of rotatable bonds is 4. The first-order chi connectivity index (χ1) is 13.5. The molecule has 1 fully saturated rings. The molecule has 0 radical (unpaired) electrons. The van der Waals surface area contributed by atoms with Crippen molar-refractivity contribution in [3.8, 4) is 11.1 Å². The number of nitrogens with zero attached hydrogens (tertiary/aromatic N) is 2. The van der Waals surface area contributed by atoms with Gasteiger partial charge in [-0.25, -0.2) is 4.79 Å². The molecule has 3 heterocycles. The number of hydrogen-bond donors (Lipinski definition) is 1. The van der Waals surface area contributed by atoms with E-state index in [0.29, 0.717) is 18.8 Å². The third-order valence-electron chi connectivity index (χ3n) is 5.80. The number of fused-ring (bicyclic) bond motifs is 1. The quantitative estimate of drug-likeness (QED) is 0.735. The molecule has 1 N–H and O–H groups in total. The van der Waals surface area contributed by atoms with Crippen LogP contribution in [0.2, 0.25) is 0 Å². The van der Waals surface area contributed by atoms with Crippen LogP contribution in [0.3, 0.4) is 0 Å². The molecule has 0 spiro atoms. The highest BCUT2D eigenvalue weighted by molar-refractivity contribution is 5.94. The normalized spacial score (nSPS) is 16.4. The highest BCUT2D eigenvalue weighted by Crippen LogP contribution is 2.34. The maximum atomic E-state index is 12.0. The number of morpholine rings is 1. The van der Waals surface area contributed by atoms with Gasteiger partial charge in [-0.1, -0.05) is 29.8 Å². The van der Waals surface area contributed by atoms with Crippen molar-refractivity contribution in [2.45, 2.75) is 26.8 Å². The summed E-state index contributed by atoms with van der Waals surface area (Å²) in [5, 5.41) is 9.84. The van der Waals surface area contributed by atoms with Crippen LogP contribution in [0.25, 0.3) is 16.6 Å². The van der Waals surface area contributed by atoms with Gasteiger partial charge in [0.1, 0.15) is 0 Å². The Balaban J connectivity index is 1.93. The van der Waals surface area contributed by atoms with Crippen LogP contribution >= 0.6 is 0 Å². The summed E-state index contributed by atoms with van der Waals surface area (Å²) in [7, 11) is 0. The number of aromatic nitrogens is 1. The molecule has 0 bridgehead atoms. The van der Waals surface area contributed by atoms with E-state index >= 15 is 0 Å². The van der Waals surface area contributed by atoms with Gasteiger partial charge in [-0.3, -0.25) is 4.90 Å². The van der Waals surface area contributed by atoms with Gasteiger partial charge in [0, 0.05) is 36.6 Å². The molecule has 1 aromatic carbocycles. The van der Waals surface area contributed by atoms with E-state index < -0.39 is 5.97 Å². The van der Waals surface area contributed by atoms with Gasteiger partial charge in [-0.05, 0) is 44.0 Å². The molecular formula is C23H26N2O3. The van der Waals surface area contributed by atoms with Gasteiger partial charge in [0.2, 0.25) is 0 Å². The summed E-state index contributed by atoms with van der Waals surface area (Å²) >= 11 is 0. The van der Waals surface area contributed by atoms with Crippen molar-refractivity contribution in [3.05, 3.63) is 65.0 Å². The van der Waals surface area contributed by atoms with E-state index in [0.717, 1.165) is 41.0 Å². The zero-order valence-electron chi connectivity index (χ0n) is 16.6. The smallest absolute Gasteiger partial charge is 0.336 e. The van der Waals surface area contributed by atoms with Crippen LogP contribution in [0.4, 0.5) is 0 Å². The molecule has 1 unspecified atom stereocenters. The standard InChI is InChI=1S/C23H26N2O3/c1-15-5-4-6-18(13-15)19-7-8-25-21(19)14-20(23(26)27)16(2)22(25)17(3)24-9-11-28-12-10-24/h4-8,13-14,17H,9-12H2,1-3H3,(H,26,27). The summed E-state index contributed by atoms with van der Waals surface area (Å²) in [4.78, 5) is 14.4. The number of carboxylic acids is 1. The number of ether oxygens (including phenoxy) is 1. The average Bonchev–Trinajstić information content (AvgIpc) is 3.11.